The number of pyridine rings is 1. The Morgan fingerprint density at radius 1 is 1.26 bits per heavy atom. The monoisotopic (exact) mass is 451 g/mol. The number of fused-ring (bicyclic) bond motifs is 1. The lowest BCUT2D eigenvalue weighted by Crippen LogP contribution is -2.14. The largest absolute Gasteiger partial charge is 0.388 e. The number of hydrogen-bond donors (Lipinski definition) is 2. The van der Waals surface area contributed by atoms with Crippen molar-refractivity contribution >= 4 is 27.9 Å². The number of H-pyrrole nitrogens is 1. The van der Waals surface area contributed by atoms with Gasteiger partial charge in [-0.15, -0.1) is 0 Å². The highest BCUT2D eigenvalue weighted by Crippen LogP contribution is 2.29. The highest BCUT2D eigenvalue weighted by molar-refractivity contribution is 5.92. The maximum Gasteiger partial charge on any atom is 0.111 e. The molecule has 0 bridgehead atoms. The van der Waals surface area contributed by atoms with E-state index >= 15 is 0 Å². The molecular weight excluding hydrogens is 418 g/mol. The van der Waals surface area contributed by atoms with Gasteiger partial charge in [-0.2, -0.15) is 0 Å². The van der Waals surface area contributed by atoms with Crippen LogP contribution in [0.4, 0.5) is 5.69 Å². The molecule has 0 spiro atoms. The third-order valence-corrected chi connectivity index (χ3v) is 6.00. The maximum atomic E-state index is 4.97. The summed E-state index contributed by atoms with van der Waals surface area (Å²) in [5.41, 5.74) is 10.0. The van der Waals surface area contributed by atoms with Crippen LogP contribution in [0.2, 0.25) is 0 Å². The minimum atomic E-state index is 0.694. The van der Waals surface area contributed by atoms with Gasteiger partial charge >= 0.3 is 0 Å². The molecule has 0 atom stereocenters. The molecule has 1 aliphatic carbocycles. The maximum absolute atomic E-state index is 4.97. The lowest BCUT2D eigenvalue weighted by atomic mass is 9.98. The smallest absolute Gasteiger partial charge is 0.111 e. The van der Waals surface area contributed by atoms with E-state index in [9.17, 15) is 0 Å². The van der Waals surface area contributed by atoms with Crippen LogP contribution >= 0.6 is 0 Å². The molecule has 0 aliphatic heterocycles. The number of likely N-dealkylation sites (N-methyl/N-ethyl adjacent to an activating group) is 1. The summed E-state index contributed by atoms with van der Waals surface area (Å²) in [4.78, 5) is 15.0. The average molecular weight is 452 g/mol. The Kier molecular flexibility index (Phi) is 7.24. The summed E-state index contributed by atoms with van der Waals surface area (Å²) in [6, 6.07) is 6.56. The van der Waals surface area contributed by atoms with Gasteiger partial charge in [0.15, 0.2) is 0 Å². The number of nitrogens with zero attached hydrogens (tertiary/aromatic N) is 3. The van der Waals surface area contributed by atoms with Gasteiger partial charge in [-0.25, -0.2) is 4.98 Å². The number of aromatic nitrogens is 3. The zero-order chi connectivity index (χ0) is 24.1. The quantitative estimate of drug-likeness (QED) is 0.391. The van der Waals surface area contributed by atoms with E-state index in [1.165, 1.54) is 27.8 Å². The SMILES string of the molecule is C=C/C(=C\C(=C/C)c1ccc(NC)c(Cc2nc3c(C4=CCC=C4)cncc3[nH]2)c1)CN(C)C. The van der Waals surface area contributed by atoms with Crippen LogP contribution in [0.15, 0.2) is 79.2 Å². The summed E-state index contributed by atoms with van der Waals surface area (Å²) in [6.45, 7) is 6.92. The number of nitrogens with one attached hydrogen (secondary N) is 2. The predicted octanol–water partition coefficient (Wildman–Crippen LogP) is 6.01. The molecule has 5 heteroatoms. The highest BCUT2D eigenvalue weighted by atomic mass is 15.0. The van der Waals surface area contributed by atoms with Crippen molar-refractivity contribution in [3.8, 4) is 0 Å². The van der Waals surface area contributed by atoms with Crippen molar-refractivity contribution in [3.05, 3.63) is 102 Å². The minimum absolute atomic E-state index is 0.694. The van der Waals surface area contributed by atoms with Crippen molar-refractivity contribution in [1.29, 1.82) is 0 Å². The van der Waals surface area contributed by atoms with Crippen LogP contribution in [0.3, 0.4) is 0 Å². The molecule has 2 heterocycles. The second-order valence-corrected chi connectivity index (χ2v) is 8.77. The molecule has 1 aromatic carbocycles. The summed E-state index contributed by atoms with van der Waals surface area (Å²) >= 11 is 0. The number of imidazole rings is 1. The van der Waals surface area contributed by atoms with E-state index in [0.29, 0.717) is 6.42 Å². The van der Waals surface area contributed by atoms with E-state index in [1.54, 1.807) is 0 Å². The van der Waals surface area contributed by atoms with Crippen LogP contribution in [0.25, 0.3) is 22.2 Å². The van der Waals surface area contributed by atoms with Crippen LogP contribution in [-0.2, 0) is 6.42 Å². The van der Waals surface area contributed by atoms with Crippen molar-refractivity contribution in [2.75, 3.05) is 33.0 Å². The summed E-state index contributed by atoms with van der Waals surface area (Å²) in [5, 5.41) is 3.34. The fraction of sp³-hybridized carbons (Fsp3) is 0.241. The lowest BCUT2D eigenvalue weighted by Gasteiger charge is -2.14. The van der Waals surface area contributed by atoms with Gasteiger partial charge in [0.05, 0.1) is 17.2 Å². The minimum Gasteiger partial charge on any atom is -0.388 e. The number of benzene rings is 1. The molecule has 1 aliphatic rings. The summed E-state index contributed by atoms with van der Waals surface area (Å²) < 4.78 is 0. The topological polar surface area (TPSA) is 56.8 Å². The number of anilines is 1. The second-order valence-electron chi connectivity index (χ2n) is 8.77. The fourth-order valence-corrected chi connectivity index (χ4v) is 4.35. The van der Waals surface area contributed by atoms with Gasteiger partial charge in [0.1, 0.15) is 5.82 Å². The Hall–Kier alpha value is -3.70. The molecule has 0 radical (unpaired) electrons. The molecule has 0 unspecified atom stereocenters. The van der Waals surface area contributed by atoms with Gasteiger partial charge in [0, 0.05) is 37.5 Å². The van der Waals surface area contributed by atoms with Crippen molar-refractivity contribution < 1.29 is 0 Å². The normalized spacial score (nSPS) is 14.2. The van der Waals surface area contributed by atoms with Gasteiger partial charge in [0.2, 0.25) is 0 Å². The number of hydrogen-bond acceptors (Lipinski definition) is 4. The lowest BCUT2D eigenvalue weighted by molar-refractivity contribution is 0.449. The number of allylic oxidation sites excluding steroid dienone is 7. The average Bonchev–Trinajstić information content (AvgIpc) is 3.51. The molecular formula is C29H33N5. The molecule has 2 N–H and O–H groups in total. The third kappa shape index (κ3) is 5.10. The Morgan fingerprint density at radius 3 is 2.79 bits per heavy atom. The molecule has 2 aromatic heterocycles. The van der Waals surface area contributed by atoms with E-state index in [2.05, 4.69) is 96.4 Å². The molecule has 0 amide bonds. The molecule has 174 valence electrons. The summed E-state index contributed by atoms with van der Waals surface area (Å²) in [7, 11) is 6.10. The van der Waals surface area contributed by atoms with Gasteiger partial charge in [-0.1, -0.05) is 49.1 Å². The van der Waals surface area contributed by atoms with Crippen LogP contribution in [0.5, 0.6) is 0 Å². The highest BCUT2D eigenvalue weighted by Gasteiger charge is 2.14. The van der Waals surface area contributed by atoms with Gasteiger partial charge in [-0.3, -0.25) is 4.98 Å². The summed E-state index contributed by atoms with van der Waals surface area (Å²) in [6.07, 6.45) is 18.2. The Bertz CT molecular complexity index is 1320. The molecule has 5 nitrogen and oxygen atoms in total. The zero-order valence-corrected chi connectivity index (χ0v) is 20.5. The molecule has 0 saturated heterocycles. The van der Waals surface area contributed by atoms with Crippen molar-refractivity contribution in [3.63, 3.8) is 0 Å². The standard InChI is InChI=1S/C29H33N5/c1-6-20(19-34(4)5)14-21(7-2)23-12-13-26(30-3)24(15-23)16-28-32-27-18-31-17-25(29(27)33-28)22-10-8-9-11-22/h6-8,10-15,17-18,30H,1,9,16,19H2,2-5H3,(H,32,33)/b20-14+,21-7+. The van der Waals surface area contributed by atoms with Crippen LogP contribution in [0.1, 0.15) is 35.9 Å². The van der Waals surface area contributed by atoms with Crippen molar-refractivity contribution in [2.24, 2.45) is 0 Å². The van der Waals surface area contributed by atoms with Crippen LogP contribution in [-0.4, -0.2) is 47.5 Å². The first-order valence-corrected chi connectivity index (χ1v) is 11.7. The van der Waals surface area contributed by atoms with Crippen LogP contribution < -0.4 is 5.32 Å². The van der Waals surface area contributed by atoms with E-state index in [-0.39, 0.29) is 0 Å². The van der Waals surface area contributed by atoms with Crippen molar-refractivity contribution in [2.45, 2.75) is 19.8 Å². The molecule has 3 aromatic rings. The second kappa shape index (κ2) is 10.5. The Balaban J connectivity index is 1.68. The van der Waals surface area contributed by atoms with E-state index < -0.39 is 0 Å². The van der Waals surface area contributed by atoms with Gasteiger partial charge in [-0.05, 0) is 67.4 Å². The molecule has 0 saturated carbocycles. The van der Waals surface area contributed by atoms with E-state index in [0.717, 1.165) is 41.1 Å². The first kappa shape index (κ1) is 23.5. The van der Waals surface area contributed by atoms with Crippen molar-refractivity contribution in [1.82, 2.24) is 19.9 Å². The predicted molar refractivity (Wildman–Crippen MR) is 145 cm³/mol. The molecule has 34 heavy (non-hydrogen) atoms. The Morgan fingerprint density at radius 2 is 2.12 bits per heavy atom. The Labute approximate surface area is 202 Å². The van der Waals surface area contributed by atoms with Crippen LogP contribution in [0, 0.1) is 0 Å². The summed E-state index contributed by atoms with van der Waals surface area (Å²) in [5.74, 6) is 0.928. The first-order chi connectivity index (χ1) is 16.5. The zero-order valence-electron chi connectivity index (χ0n) is 20.5. The van der Waals surface area contributed by atoms with E-state index in [4.69, 9.17) is 4.98 Å². The fourth-order valence-electron chi connectivity index (χ4n) is 4.35. The number of rotatable bonds is 9. The molecule has 4 rings (SSSR count). The van der Waals surface area contributed by atoms with E-state index in [1.807, 2.05) is 25.5 Å². The molecule has 0 fully saturated rings. The van der Waals surface area contributed by atoms with Gasteiger partial charge in [0.25, 0.3) is 0 Å². The van der Waals surface area contributed by atoms with Gasteiger partial charge < -0.3 is 15.2 Å². The third-order valence-electron chi connectivity index (χ3n) is 6.00. The first-order valence-electron chi connectivity index (χ1n) is 11.7. The number of aromatic amines is 1.